The van der Waals surface area contributed by atoms with E-state index in [2.05, 4.69) is 0 Å². The van der Waals surface area contributed by atoms with E-state index in [4.69, 9.17) is 14.2 Å². The van der Waals surface area contributed by atoms with Crippen LogP contribution in [0.1, 0.15) is 52.9 Å². The molecule has 2 fully saturated rings. The molecule has 0 aliphatic heterocycles. The molecular weight excluding hydrogens is 300 g/mol. The van der Waals surface area contributed by atoms with Crippen molar-refractivity contribution in [2.45, 2.75) is 58.5 Å². The molecule has 23 heavy (non-hydrogen) atoms. The normalized spacial score (nSPS) is 29.9. The smallest absolute Gasteiger partial charge is 0.313 e. The first-order valence-electron chi connectivity index (χ1n) is 8.44. The number of rotatable bonds is 7. The average molecular weight is 326 g/mol. The number of ether oxygens (including phenoxy) is 3. The van der Waals surface area contributed by atoms with Gasteiger partial charge in [-0.25, -0.2) is 0 Å². The Kier molecular flexibility index (Phi) is 5.65. The fraction of sp³-hybridized carbons (Fsp3) is 0.824. The topological polar surface area (TPSA) is 78.9 Å². The number of esters is 3. The Morgan fingerprint density at radius 3 is 2.30 bits per heavy atom. The third kappa shape index (κ3) is 3.67. The van der Waals surface area contributed by atoms with Gasteiger partial charge in [0.05, 0.1) is 19.6 Å². The highest BCUT2D eigenvalue weighted by Crippen LogP contribution is 2.56. The second kappa shape index (κ2) is 7.32. The molecule has 4 unspecified atom stereocenters. The highest BCUT2D eigenvalue weighted by molar-refractivity contribution is 5.82. The SMILES string of the molecule is CCOC(=O)CC(C(=O)OCC)C1(OC(C)=O)CC2CCC1C2. The van der Waals surface area contributed by atoms with Gasteiger partial charge in [-0.05, 0) is 51.4 Å². The molecular formula is C17H26O6. The van der Waals surface area contributed by atoms with Crippen LogP contribution in [0, 0.1) is 17.8 Å². The van der Waals surface area contributed by atoms with E-state index < -0.39 is 29.4 Å². The van der Waals surface area contributed by atoms with Crippen molar-refractivity contribution < 1.29 is 28.6 Å². The first-order chi connectivity index (χ1) is 10.9. The van der Waals surface area contributed by atoms with Crippen molar-refractivity contribution in [3.63, 3.8) is 0 Å². The summed E-state index contributed by atoms with van der Waals surface area (Å²) in [4.78, 5) is 36.2. The minimum Gasteiger partial charge on any atom is -0.466 e. The monoisotopic (exact) mass is 326 g/mol. The number of carbonyl (C=O) groups is 3. The number of hydrogen-bond donors (Lipinski definition) is 0. The fourth-order valence-electron chi connectivity index (χ4n) is 4.30. The molecule has 0 aromatic carbocycles. The van der Waals surface area contributed by atoms with Crippen molar-refractivity contribution in [3.8, 4) is 0 Å². The highest BCUT2D eigenvalue weighted by atomic mass is 16.6. The molecule has 130 valence electrons. The van der Waals surface area contributed by atoms with Crippen molar-refractivity contribution in [2.75, 3.05) is 13.2 Å². The molecule has 2 bridgehead atoms. The van der Waals surface area contributed by atoms with E-state index >= 15 is 0 Å². The Balaban J connectivity index is 2.30. The molecule has 0 saturated heterocycles. The molecule has 0 aromatic rings. The zero-order chi connectivity index (χ0) is 17.0. The lowest BCUT2D eigenvalue weighted by molar-refractivity contribution is -0.187. The molecule has 2 saturated carbocycles. The van der Waals surface area contributed by atoms with Gasteiger partial charge in [-0.1, -0.05) is 0 Å². The largest absolute Gasteiger partial charge is 0.466 e. The molecule has 4 atom stereocenters. The summed E-state index contributed by atoms with van der Waals surface area (Å²) in [6.45, 7) is 5.26. The van der Waals surface area contributed by atoms with Crippen LogP contribution in [0.3, 0.4) is 0 Å². The zero-order valence-corrected chi connectivity index (χ0v) is 14.1. The second-order valence-electron chi connectivity index (χ2n) is 6.44. The predicted molar refractivity (Wildman–Crippen MR) is 81.3 cm³/mol. The van der Waals surface area contributed by atoms with E-state index in [1.807, 2.05) is 0 Å². The predicted octanol–water partition coefficient (Wildman–Crippen LogP) is 2.24. The maximum atomic E-state index is 12.5. The van der Waals surface area contributed by atoms with Crippen LogP contribution in [0.25, 0.3) is 0 Å². The van der Waals surface area contributed by atoms with Crippen molar-refractivity contribution in [3.05, 3.63) is 0 Å². The zero-order valence-electron chi connectivity index (χ0n) is 14.1. The molecule has 0 N–H and O–H groups in total. The van der Waals surface area contributed by atoms with Crippen LogP contribution < -0.4 is 0 Å². The summed E-state index contributed by atoms with van der Waals surface area (Å²) in [5, 5.41) is 0. The van der Waals surface area contributed by atoms with E-state index in [0.29, 0.717) is 12.3 Å². The first kappa shape index (κ1) is 17.8. The standard InChI is InChI=1S/C17H26O6/c1-4-21-15(19)9-14(16(20)22-5-2)17(23-11(3)18)10-12-6-7-13(17)8-12/h12-14H,4-10H2,1-3H3. The first-order valence-corrected chi connectivity index (χ1v) is 8.44. The van der Waals surface area contributed by atoms with Gasteiger partial charge >= 0.3 is 17.9 Å². The molecule has 2 aliphatic carbocycles. The Hall–Kier alpha value is -1.59. The van der Waals surface area contributed by atoms with Gasteiger partial charge in [0.15, 0.2) is 0 Å². The van der Waals surface area contributed by atoms with Crippen molar-refractivity contribution in [2.24, 2.45) is 17.8 Å². The third-order valence-corrected chi connectivity index (χ3v) is 5.01. The molecule has 2 rings (SSSR count). The summed E-state index contributed by atoms with van der Waals surface area (Å²) in [7, 11) is 0. The molecule has 0 spiro atoms. The molecule has 0 aromatic heterocycles. The fourth-order valence-corrected chi connectivity index (χ4v) is 4.30. The van der Waals surface area contributed by atoms with E-state index in [0.717, 1.165) is 19.3 Å². The Morgan fingerprint density at radius 1 is 1.13 bits per heavy atom. The van der Waals surface area contributed by atoms with E-state index in [9.17, 15) is 14.4 Å². The Labute approximate surface area is 136 Å². The average Bonchev–Trinajstić information content (AvgIpc) is 3.05. The van der Waals surface area contributed by atoms with Crippen LogP contribution in [0.4, 0.5) is 0 Å². The summed E-state index contributed by atoms with van der Waals surface area (Å²) in [5.74, 6) is -1.59. The van der Waals surface area contributed by atoms with E-state index in [1.165, 1.54) is 6.92 Å². The molecule has 2 aliphatic rings. The number of carbonyl (C=O) groups excluding carboxylic acids is 3. The second-order valence-corrected chi connectivity index (χ2v) is 6.44. The molecule has 0 amide bonds. The Morgan fingerprint density at radius 2 is 1.83 bits per heavy atom. The minimum atomic E-state index is -0.923. The maximum absolute atomic E-state index is 12.5. The van der Waals surface area contributed by atoms with Gasteiger partial charge in [0.2, 0.25) is 0 Å². The van der Waals surface area contributed by atoms with Crippen LogP contribution in [-0.2, 0) is 28.6 Å². The van der Waals surface area contributed by atoms with E-state index in [-0.39, 0.29) is 25.6 Å². The van der Waals surface area contributed by atoms with Gasteiger partial charge < -0.3 is 14.2 Å². The maximum Gasteiger partial charge on any atom is 0.313 e. The summed E-state index contributed by atoms with van der Waals surface area (Å²) >= 11 is 0. The van der Waals surface area contributed by atoms with Gasteiger partial charge in [-0.2, -0.15) is 0 Å². The number of hydrogen-bond acceptors (Lipinski definition) is 6. The lowest BCUT2D eigenvalue weighted by Gasteiger charge is -2.41. The van der Waals surface area contributed by atoms with Gasteiger partial charge in [-0.3, -0.25) is 14.4 Å². The number of fused-ring (bicyclic) bond motifs is 2. The van der Waals surface area contributed by atoms with Crippen molar-refractivity contribution >= 4 is 17.9 Å². The van der Waals surface area contributed by atoms with Crippen LogP contribution in [0.2, 0.25) is 0 Å². The van der Waals surface area contributed by atoms with E-state index in [1.54, 1.807) is 13.8 Å². The van der Waals surface area contributed by atoms with Crippen molar-refractivity contribution in [1.29, 1.82) is 0 Å². The molecule has 0 radical (unpaired) electrons. The van der Waals surface area contributed by atoms with Gasteiger partial charge in [0.1, 0.15) is 11.5 Å². The highest BCUT2D eigenvalue weighted by Gasteiger charge is 2.60. The molecule has 0 heterocycles. The van der Waals surface area contributed by atoms with Gasteiger partial charge in [0, 0.05) is 6.92 Å². The van der Waals surface area contributed by atoms with Crippen molar-refractivity contribution in [1.82, 2.24) is 0 Å². The van der Waals surface area contributed by atoms with Crippen LogP contribution in [-0.4, -0.2) is 36.7 Å². The molecule has 6 heteroatoms. The quantitative estimate of drug-likeness (QED) is 0.527. The van der Waals surface area contributed by atoms with Crippen LogP contribution in [0.15, 0.2) is 0 Å². The minimum absolute atomic E-state index is 0.108. The lowest BCUT2D eigenvalue weighted by atomic mass is 9.73. The summed E-state index contributed by atoms with van der Waals surface area (Å²) in [6, 6.07) is 0. The lowest BCUT2D eigenvalue weighted by Crippen LogP contribution is -2.51. The van der Waals surface area contributed by atoms with Crippen LogP contribution in [0.5, 0.6) is 0 Å². The molecule has 6 nitrogen and oxygen atoms in total. The summed E-state index contributed by atoms with van der Waals surface area (Å²) < 4.78 is 15.9. The third-order valence-electron chi connectivity index (χ3n) is 5.01. The Bertz CT molecular complexity index is 474. The summed E-state index contributed by atoms with van der Waals surface area (Å²) in [5.41, 5.74) is -0.923. The van der Waals surface area contributed by atoms with Gasteiger partial charge in [0.25, 0.3) is 0 Å². The van der Waals surface area contributed by atoms with Crippen LogP contribution >= 0.6 is 0 Å². The van der Waals surface area contributed by atoms with Gasteiger partial charge in [-0.15, -0.1) is 0 Å². The summed E-state index contributed by atoms with van der Waals surface area (Å²) in [6.07, 6.45) is 3.45.